The molecule has 1 aliphatic heterocycles. The number of benzene rings is 2. The van der Waals surface area contributed by atoms with Crippen molar-refractivity contribution in [1.82, 2.24) is 4.90 Å². The van der Waals surface area contributed by atoms with Crippen molar-refractivity contribution in [2.24, 2.45) is 0 Å². The molecule has 1 atom stereocenters. The summed E-state index contributed by atoms with van der Waals surface area (Å²) in [7, 11) is 0. The first-order valence-corrected chi connectivity index (χ1v) is 10.2. The lowest BCUT2D eigenvalue weighted by molar-refractivity contribution is -0.128. The highest BCUT2D eigenvalue weighted by atomic mass is 16.5. The summed E-state index contributed by atoms with van der Waals surface area (Å²) < 4.78 is 5.87. The predicted molar refractivity (Wildman–Crippen MR) is 115 cm³/mol. The Bertz CT molecular complexity index is 886. The molecule has 1 heterocycles. The number of rotatable bonds is 6. The zero-order valence-corrected chi connectivity index (χ0v) is 17.7. The molecule has 1 aliphatic rings. The normalized spacial score (nSPS) is 15.3. The monoisotopic (exact) mass is 394 g/mol. The van der Waals surface area contributed by atoms with Crippen molar-refractivity contribution in [2.75, 3.05) is 11.9 Å². The summed E-state index contributed by atoms with van der Waals surface area (Å²) >= 11 is 0. The molecule has 1 N–H and O–H groups in total. The van der Waals surface area contributed by atoms with Gasteiger partial charge >= 0.3 is 0 Å². The predicted octanol–water partition coefficient (Wildman–Crippen LogP) is 4.51. The Morgan fingerprint density at radius 3 is 2.62 bits per heavy atom. The van der Waals surface area contributed by atoms with Crippen LogP contribution in [0.2, 0.25) is 0 Å². The van der Waals surface area contributed by atoms with Crippen LogP contribution < -0.4 is 10.1 Å². The van der Waals surface area contributed by atoms with Gasteiger partial charge in [-0.05, 0) is 54.2 Å². The number of likely N-dealkylation sites (tertiary alicyclic amines) is 1. The summed E-state index contributed by atoms with van der Waals surface area (Å²) in [5, 5.41) is 2.92. The largest absolute Gasteiger partial charge is 0.481 e. The van der Waals surface area contributed by atoms with E-state index in [1.807, 2.05) is 47.4 Å². The van der Waals surface area contributed by atoms with Crippen LogP contribution >= 0.6 is 0 Å². The average Bonchev–Trinajstić information content (AvgIpc) is 3.06. The molecule has 0 unspecified atom stereocenters. The molecular formula is C24H30N2O3. The molecule has 2 aromatic rings. The number of ether oxygens (including phenoxy) is 1. The average molecular weight is 395 g/mol. The second-order valence-electron chi connectivity index (χ2n) is 8.65. The minimum atomic E-state index is -0.631. The summed E-state index contributed by atoms with van der Waals surface area (Å²) in [6, 6.07) is 15.5. The Kier molecular flexibility index (Phi) is 6.26. The molecule has 1 saturated heterocycles. The van der Waals surface area contributed by atoms with Crippen LogP contribution in [-0.4, -0.2) is 29.4 Å². The highest BCUT2D eigenvalue weighted by Crippen LogP contribution is 2.26. The minimum absolute atomic E-state index is 0.0159. The topological polar surface area (TPSA) is 58.6 Å². The van der Waals surface area contributed by atoms with Crippen molar-refractivity contribution in [1.29, 1.82) is 0 Å². The highest BCUT2D eigenvalue weighted by molar-refractivity contribution is 5.94. The van der Waals surface area contributed by atoms with Crippen molar-refractivity contribution in [3.63, 3.8) is 0 Å². The first-order chi connectivity index (χ1) is 13.7. The molecule has 1 fully saturated rings. The maximum atomic E-state index is 12.6. The molecule has 2 amide bonds. The summed E-state index contributed by atoms with van der Waals surface area (Å²) in [5.74, 6) is 0.667. The summed E-state index contributed by atoms with van der Waals surface area (Å²) in [4.78, 5) is 26.3. The fraction of sp³-hybridized carbons (Fsp3) is 0.417. The number of carbonyl (C=O) groups excluding carboxylic acids is 2. The molecule has 0 radical (unpaired) electrons. The van der Waals surface area contributed by atoms with Crippen LogP contribution in [0.5, 0.6) is 5.75 Å². The van der Waals surface area contributed by atoms with Gasteiger partial charge in [0.1, 0.15) is 5.75 Å². The molecule has 29 heavy (non-hydrogen) atoms. The van der Waals surface area contributed by atoms with Crippen molar-refractivity contribution in [2.45, 2.75) is 58.6 Å². The van der Waals surface area contributed by atoms with Crippen LogP contribution in [0.4, 0.5) is 5.69 Å². The third-order valence-electron chi connectivity index (χ3n) is 5.12. The van der Waals surface area contributed by atoms with Crippen molar-refractivity contribution >= 4 is 17.5 Å². The van der Waals surface area contributed by atoms with Gasteiger partial charge in [-0.1, -0.05) is 45.0 Å². The molecule has 154 valence electrons. The minimum Gasteiger partial charge on any atom is -0.481 e. The second-order valence-corrected chi connectivity index (χ2v) is 8.65. The lowest BCUT2D eigenvalue weighted by Gasteiger charge is -2.21. The van der Waals surface area contributed by atoms with E-state index in [-0.39, 0.29) is 17.2 Å². The van der Waals surface area contributed by atoms with Gasteiger partial charge in [-0.15, -0.1) is 0 Å². The Hall–Kier alpha value is -2.82. The number of hydrogen-bond acceptors (Lipinski definition) is 3. The molecule has 0 spiro atoms. The van der Waals surface area contributed by atoms with E-state index in [1.165, 1.54) is 0 Å². The molecule has 2 aromatic carbocycles. The summed E-state index contributed by atoms with van der Waals surface area (Å²) in [6.45, 7) is 9.55. The van der Waals surface area contributed by atoms with E-state index in [0.29, 0.717) is 24.4 Å². The van der Waals surface area contributed by atoms with Crippen LogP contribution in [0.25, 0.3) is 0 Å². The highest BCUT2D eigenvalue weighted by Gasteiger charge is 2.21. The van der Waals surface area contributed by atoms with Gasteiger partial charge in [-0.2, -0.15) is 0 Å². The molecule has 0 bridgehead atoms. The molecule has 0 aliphatic carbocycles. The van der Waals surface area contributed by atoms with E-state index >= 15 is 0 Å². The van der Waals surface area contributed by atoms with E-state index in [0.717, 1.165) is 24.1 Å². The Labute approximate surface area is 173 Å². The van der Waals surface area contributed by atoms with Crippen LogP contribution in [0.15, 0.2) is 48.5 Å². The van der Waals surface area contributed by atoms with Crippen LogP contribution in [0.1, 0.15) is 51.7 Å². The molecule has 5 heteroatoms. The van der Waals surface area contributed by atoms with Crippen LogP contribution in [-0.2, 0) is 21.5 Å². The maximum absolute atomic E-state index is 12.6. The number of nitrogens with zero attached hydrogens (tertiary/aromatic N) is 1. The van der Waals surface area contributed by atoms with Gasteiger partial charge < -0.3 is 15.0 Å². The molecule has 5 nitrogen and oxygen atoms in total. The van der Waals surface area contributed by atoms with Crippen molar-refractivity contribution in [3.05, 3.63) is 59.7 Å². The Morgan fingerprint density at radius 2 is 1.93 bits per heavy atom. The van der Waals surface area contributed by atoms with Crippen LogP contribution in [0.3, 0.4) is 0 Å². The molecule has 3 rings (SSSR count). The first-order valence-electron chi connectivity index (χ1n) is 10.2. The number of amides is 2. The summed E-state index contributed by atoms with van der Waals surface area (Å²) in [6.07, 6.45) is 0.913. The standard InChI is InChI=1S/C24H30N2O3/c1-17(29-21-11-6-9-19(15-21)24(2,3)4)23(28)25-20-10-5-8-18(14-20)16-26-13-7-12-22(26)27/h5-6,8-11,14-15,17H,7,12-13,16H2,1-4H3,(H,25,28)/t17-/m0/s1. The first kappa shape index (κ1) is 20.9. The van der Waals surface area contributed by atoms with Gasteiger partial charge in [0.15, 0.2) is 6.10 Å². The SMILES string of the molecule is C[C@H](Oc1cccc(C(C)(C)C)c1)C(=O)Nc1cccc(CN2CCCC2=O)c1. The zero-order valence-electron chi connectivity index (χ0n) is 17.7. The van der Waals surface area contributed by atoms with Crippen molar-refractivity contribution in [3.8, 4) is 5.75 Å². The van der Waals surface area contributed by atoms with Gasteiger partial charge in [0, 0.05) is 25.2 Å². The number of hydrogen-bond donors (Lipinski definition) is 1. The quantitative estimate of drug-likeness (QED) is 0.784. The number of anilines is 1. The van der Waals surface area contributed by atoms with Crippen molar-refractivity contribution < 1.29 is 14.3 Å². The van der Waals surface area contributed by atoms with Gasteiger partial charge in [0.05, 0.1) is 0 Å². The lowest BCUT2D eigenvalue weighted by Crippen LogP contribution is -2.30. The van der Waals surface area contributed by atoms with Gasteiger partial charge in [-0.3, -0.25) is 9.59 Å². The van der Waals surface area contributed by atoms with Crippen LogP contribution in [0, 0.1) is 0 Å². The van der Waals surface area contributed by atoms with E-state index in [2.05, 4.69) is 32.2 Å². The maximum Gasteiger partial charge on any atom is 0.265 e. The molecule has 0 aromatic heterocycles. The summed E-state index contributed by atoms with van der Waals surface area (Å²) in [5.41, 5.74) is 2.89. The van der Waals surface area contributed by atoms with Gasteiger partial charge in [0.25, 0.3) is 5.91 Å². The van der Waals surface area contributed by atoms with Gasteiger partial charge in [0.2, 0.25) is 5.91 Å². The lowest BCUT2D eigenvalue weighted by atomic mass is 9.87. The van der Waals surface area contributed by atoms with E-state index < -0.39 is 6.10 Å². The molecular weight excluding hydrogens is 364 g/mol. The second kappa shape index (κ2) is 8.68. The smallest absolute Gasteiger partial charge is 0.265 e. The van der Waals surface area contributed by atoms with Gasteiger partial charge in [-0.25, -0.2) is 0 Å². The fourth-order valence-corrected chi connectivity index (χ4v) is 3.38. The zero-order chi connectivity index (χ0) is 21.0. The number of carbonyl (C=O) groups is 2. The van der Waals surface area contributed by atoms with E-state index in [4.69, 9.17) is 4.74 Å². The van der Waals surface area contributed by atoms with E-state index in [1.54, 1.807) is 6.92 Å². The fourth-order valence-electron chi connectivity index (χ4n) is 3.38. The molecule has 0 saturated carbocycles. The third-order valence-corrected chi connectivity index (χ3v) is 5.12. The Balaban J connectivity index is 1.61. The Morgan fingerprint density at radius 1 is 1.17 bits per heavy atom. The van der Waals surface area contributed by atoms with E-state index in [9.17, 15) is 9.59 Å². The third kappa shape index (κ3) is 5.59. The number of nitrogens with one attached hydrogen (secondary N) is 1.